The van der Waals surface area contributed by atoms with Crippen LogP contribution >= 0.6 is 23.1 Å². The zero-order valence-electron chi connectivity index (χ0n) is 8.81. The van der Waals surface area contributed by atoms with Crippen molar-refractivity contribution in [2.24, 2.45) is 5.73 Å². The molecule has 1 atom stereocenters. The molecular weight excluding hydrogens is 241 g/mol. The van der Waals surface area contributed by atoms with E-state index in [1.54, 1.807) is 17.4 Å². The predicted molar refractivity (Wildman–Crippen MR) is 67.4 cm³/mol. The molecule has 1 aromatic carbocycles. The van der Waals surface area contributed by atoms with Crippen LogP contribution in [-0.2, 0) is 0 Å². The molecule has 0 aliphatic heterocycles. The van der Waals surface area contributed by atoms with Crippen molar-refractivity contribution in [1.82, 2.24) is 0 Å². The van der Waals surface area contributed by atoms with Crippen LogP contribution in [0, 0.1) is 5.82 Å². The van der Waals surface area contributed by atoms with Gasteiger partial charge in [-0.15, -0.1) is 11.3 Å². The third kappa shape index (κ3) is 2.64. The van der Waals surface area contributed by atoms with Gasteiger partial charge in [-0.05, 0) is 36.1 Å². The number of rotatable bonds is 3. The molecule has 2 rings (SSSR count). The summed E-state index contributed by atoms with van der Waals surface area (Å²) in [6.07, 6.45) is 0. The van der Waals surface area contributed by atoms with Gasteiger partial charge in [0.2, 0.25) is 0 Å². The summed E-state index contributed by atoms with van der Waals surface area (Å²) < 4.78 is 14.8. The van der Waals surface area contributed by atoms with E-state index >= 15 is 0 Å². The van der Waals surface area contributed by atoms with Crippen LogP contribution in [0.5, 0.6) is 0 Å². The Labute approximate surface area is 102 Å². The molecule has 0 amide bonds. The summed E-state index contributed by atoms with van der Waals surface area (Å²) in [6.45, 7) is 1.85. The molecule has 1 nitrogen and oxygen atoms in total. The first kappa shape index (κ1) is 11.6. The molecule has 2 aromatic rings. The first-order valence-corrected chi connectivity index (χ1v) is 6.63. The monoisotopic (exact) mass is 253 g/mol. The lowest BCUT2D eigenvalue weighted by atomic mass is 10.1. The van der Waals surface area contributed by atoms with Crippen molar-refractivity contribution in [1.29, 1.82) is 0 Å². The number of halogens is 1. The number of hydrogen-bond acceptors (Lipinski definition) is 3. The predicted octanol–water partition coefficient (Wildman–Crippen LogP) is 4.06. The minimum atomic E-state index is -0.201. The fourth-order valence-corrected chi connectivity index (χ4v) is 3.05. The maximum absolute atomic E-state index is 13.7. The molecule has 0 saturated heterocycles. The first-order chi connectivity index (χ1) is 7.66. The Hall–Kier alpha value is -0.840. The third-order valence-electron chi connectivity index (χ3n) is 2.19. The summed E-state index contributed by atoms with van der Waals surface area (Å²) >= 11 is 3.05. The molecular formula is C12H12FNS2. The van der Waals surface area contributed by atoms with Gasteiger partial charge >= 0.3 is 0 Å². The van der Waals surface area contributed by atoms with E-state index in [4.69, 9.17) is 5.73 Å². The normalized spacial score (nSPS) is 12.7. The van der Waals surface area contributed by atoms with Gasteiger partial charge in [-0.2, -0.15) is 0 Å². The Kier molecular flexibility index (Phi) is 3.63. The van der Waals surface area contributed by atoms with Gasteiger partial charge in [0.15, 0.2) is 0 Å². The molecule has 4 heteroatoms. The maximum atomic E-state index is 13.7. The summed E-state index contributed by atoms with van der Waals surface area (Å²) in [4.78, 5) is 0.645. The fourth-order valence-electron chi connectivity index (χ4n) is 1.31. The largest absolute Gasteiger partial charge is 0.324 e. The van der Waals surface area contributed by atoms with Gasteiger partial charge in [0.25, 0.3) is 0 Å². The quantitative estimate of drug-likeness (QED) is 0.892. The van der Waals surface area contributed by atoms with Crippen LogP contribution < -0.4 is 5.73 Å². The van der Waals surface area contributed by atoms with Crippen molar-refractivity contribution < 1.29 is 4.39 Å². The number of nitrogens with two attached hydrogens (primary N) is 1. The molecule has 0 aliphatic rings. The molecule has 0 fully saturated rings. The number of hydrogen-bond donors (Lipinski definition) is 1. The minimum absolute atomic E-state index is 0.129. The van der Waals surface area contributed by atoms with Gasteiger partial charge in [0.1, 0.15) is 5.82 Å². The second-order valence-electron chi connectivity index (χ2n) is 3.51. The smallest absolute Gasteiger partial charge is 0.137 e. The van der Waals surface area contributed by atoms with Crippen LogP contribution in [0.4, 0.5) is 4.39 Å². The van der Waals surface area contributed by atoms with E-state index in [-0.39, 0.29) is 11.9 Å². The Balaban J connectivity index is 2.23. The molecule has 0 saturated carbocycles. The highest BCUT2D eigenvalue weighted by atomic mass is 32.2. The number of thiophene rings is 1. The highest BCUT2D eigenvalue weighted by Gasteiger charge is 2.08. The van der Waals surface area contributed by atoms with Crippen molar-refractivity contribution in [3.05, 3.63) is 47.1 Å². The molecule has 2 N–H and O–H groups in total. The molecule has 16 heavy (non-hydrogen) atoms. The average Bonchev–Trinajstić information content (AvgIpc) is 2.73. The van der Waals surface area contributed by atoms with Gasteiger partial charge in [0, 0.05) is 10.9 Å². The zero-order chi connectivity index (χ0) is 11.5. The summed E-state index contributed by atoms with van der Waals surface area (Å²) in [5, 5.41) is 1.98. The molecule has 1 aromatic heterocycles. The van der Waals surface area contributed by atoms with Crippen LogP contribution in [0.1, 0.15) is 18.5 Å². The lowest BCUT2D eigenvalue weighted by molar-refractivity contribution is 0.596. The van der Waals surface area contributed by atoms with Gasteiger partial charge < -0.3 is 5.73 Å². The first-order valence-electron chi connectivity index (χ1n) is 4.93. The lowest BCUT2D eigenvalue weighted by Crippen LogP contribution is -2.05. The van der Waals surface area contributed by atoms with E-state index in [0.29, 0.717) is 4.90 Å². The van der Waals surface area contributed by atoms with E-state index < -0.39 is 0 Å². The highest BCUT2D eigenvalue weighted by molar-refractivity contribution is 8.01. The second kappa shape index (κ2) is 4.99. The van der Waals surface area contributed by atoms with Crippen molar-refractivity contribution in [3.63, 3.8) is 0 Å². The molecule has 0 radical (unpaired) electrons. The van der Waals surface area contributed by atoms with Crippen LogP contribution in [0.15, 0.2) is 44.8 Å². The van der Waals surface area contributed by atoms with E-state index in [1.165, 1.54) is 17.8 Å². The second-order valence-corrected chi connectivity index (χ2v) is 5.80. The van der Waals surface area contributed by atoms with Gasteiger partial charge in [-0.3, -0.25) is 0 Å². The Morgan fingerprint density at radius 3 is 2.75 bits per heavy atom. The van der Waals surface area contributed by atoms with Crippen molar-refractivity contribution in [3.8, 4) is 0 Å². The minimum Gasteiger partial charge on any atom is -0.324 e. The van der Waals surface area contributed by atoms with Crippen molar-refractivity contribution in [2.45, 2.75) is 22.1 Å². The summed E-state index contributed by atoms with van der Waals surface area (Å²) in [7, 11) is 0. The Morgan fingerprint density at radius 1 is 1.38 bits per heavy atom. The van der Waals surface area contributed by atoms with Crippen molar-refractivity contribution in [2.75, 3.05) is 0 Å². The standard InChI is InChI=1S/C12H12FNS2/c1-8(14)9-4-5-11(10(13)7-9)16-12-3-2-6-15-12/h2-8H,14H2,1H3. The molecule has 84 valence electrons. The molecule has 1 unspecified atom stereocenters. The van der Waals surface area contributed by atoms with Crippen LogP contribution in [-0.4, -0.2) is 0 Å². The number of benzene rings is 1. The summed E-state index contributed by atoms with van der Waals surface area (Å²) in [5.41, 5.74) is 6.52. The SMILES string of the molecule is CC(N)c1ccc(Sc2cccs2)c(F)c1. The van der Waals surface area contributed by atoms with E-state index in [2.05, 4.69) is 0 Å². The van der Waals surface area contributed by atoms with Crippen LogP contribution in [0.3, 0.4) is 0 Å². The fraction of sp³-hybridized carbons (Fsp3) is 0.167. The average molecular weight is 253 g/mol. The van der Waals surface area contributed by atoms with Gasteiger partial charge in [-0.1, -0.05) is 23.9 Å². The van der Waals surface area contributed by atoms with E-state index in [9.17, 15) is 4.39 Å². The lowest BCUT2D eigenvalue weighted by Gasteiger charge is -2.07. The molecule has 0 aliphatic carbocycles. The molecule has 0 bridgehead atoms. The van der Waals surface area contributed by atoms with E-state index in [1.807, 2.05) is 30.5 Å². The van der Waals surface area contributed by atoms with Gasteiger partial charge in [0.05, 0.1) is 4.21 Å². The topological polar surface area (TPSA) is 26.0 Å². The van der Waals surface area contributed by atoms with E-state index in [0.717, 1.165) is 9.77 Å². The zero-order valence-corrected chi connectivity index (χ0v) is 10.4. The van der Waals surface area contributed by atoms with Crippen molar-refractivity contribution >= 4 is 23.1 Å². The Bertz CT molecular complexity index is 466. The van der Waals surface area contributed by atoms with Gasteiger partial charge in [-0.25, -0.2) is 4.39 Å². The summed E-state index contributed by atoms with van der Waals surface area (Å²) in [6, 6.07) is 8.99. The van der Waals surface area contributed by atoms with Crippen LogP contribution in [0.25, 0.3) is 0 Å². The van der Waals surface area contributed by atoms with Crippen LogP contribution in [0.2, 0.25) is 0 Å². The maximum Gasteiger partial charge on any atom is 0.137 e. The Morgan fingerprint density at radius 2 is 2.19 bits per heavy atom. The molecule has 1 heterocycles. The third-order valence-corrected chi connectivity index (χ3v) is 4.28. The molecule has 0 spiro atoms. The summed E-state index contributed by atoms with van der Waals surface area (Å²) in [5.74, 6) is -0.201. The highest BCUT2D eigenvalue weighted by Crippen LogP contribution is 2.33.